The molecule has 1 heterocycles. The van der Waals surface area contributed by atoms with Crippen LogP contribution in [0, 0.1) is 0 Å². The monoisotopic (exact) mass is 257 g/mol. The molecule has 0 radical (unpaired) electrons. The highest BCUT2D eigenvalue weighted by molar-refractivity contribution is 6.36. The largest absolute Gasteiger partial charge is 0.388 e. The summed E-state index contributed by atoms with van der Waals surface area (Å²) in [5.41, 5.74) is 0.737. The van der Waals surface area contributed by atoms with Crippen LogP contribution >= 0.6 is 23.2 Å². The molecule has 6 heteroatoms. The molecule has 0 aliphatic rings. The molecule has 0 unspecified atom stereocenters. The van der Waals surface area contributed by atoms with Crippen LogP contribution in [0.25, 0.3) is 11.4 Å². The van der Waals surface area contributed by atoms with Gasteiger partial charge in [-0.25, -0.2) is 0 Å². The summed E-state index contributed by atoms with van der Waals surface area (Å²) in [6.07, 6.45) is 0. The number of halogens is 2. The number of hydrogen-bond acceptors (Lipinski definition) is 3. The molecule has 4 nitrogen and oxygen atoms in total. The van der Waals surface area contributed by atoms with Gasteiger partial charge in [0.2, 0.25) is 0 Å². The third kappa shape index (κ3) is 1.91. The van der Waals surface area contributed by atoms with Crippen LogP contribution in [-0.2, 0) is 13.7 Å². The maximum Gasteiger partial charge on any atom is 0.165 e. The van der Waals surface area contributed by atoms with E-state index in [0.29, 0.717) is 21.7 Å². The molecule has 0 atom stereocenters. The molecule has 2 rings (SSSR count). The van der Waals surface area contributed by atoms with Gasteiger partial charge in [-0.2, -0.15) is 0 Å². The Morgan fingerprint density at radius 3 is 2.62 bits per heavy atom. The summed E-state index contributed by atoms with van der Waals surface area (Å²) >= 11 is 11.9. The van der Waals surface area contributed by atoms with Gasteiger partial charge in [0.1, 0.15) is 6.61 Å². The van der Waals surface area contributed by atoms with Gasteiger partial charge in [-0.15, -0.1) is 10.2 Å². The van der Waals surface area contributed by atoms with Crippen molar-refractivity contribution in [2.75, 3.05) is 0 Å². The summed E-state index contributed by atoms with van der Waals surface area (Å²) in [7, 11) is 1.77. The molecule has 0 spiro atoms. The lowest BCUT2D eigenvalue weighted by molar-refractivity contribution is 0.267. The lowest BCUT2D eigenvalue weighted by Crippen LogP contribution is -1.99. The second kappa shape index (κ2) is 4.41. The van der Waals surface area contributed by atoms with E-state index in [1.807, 2.05) is 0 Å². The van der Waals surface area contributed by atoms with E-state index in [2.05, 4.69) is 10.2 Å². The molecular formula is C10H9Cl2N3O. The van der Waals surface area contributed by atoms with Crippen molar-refractivity contribution in [1.82, 2.24) is 14.8 Å². The molecule has 0 saturated heterocycles. The predicted molar refractivity (Wildman–Crippen MR) is 62.4 cm³/mol. The zero-order valence-electron chi connectivity index (χ0n) is 8.48. The summed E-state index contributed by atoms with van der Waals surface area (Å²) in [5, 5.41) is 17.9. The van der Waals surface area contributed by atoms with Crippen molar-refractivity contribution in [2.45, 2.75) is 6.61 Å². The van der Waals surface area contributed by atoms with E-state index in [4.69, 9.17) is 28.3 Å². The van der Waals surface area contributed by atoms with Crippen LogP contribution < -0.4 is 0 Å². The smallest absolute Gasteiger partial charge is 0.165 e. The highest BCUT2D eigenvalue weighted by Gasteiger charge is 2.12. The van der Waals surface area contributed by atoms with E-state index in [-0.39, 0.29) is 6.61 Å². The molecular weight excluding hydrogens is 249 g/mol. The van der Waals surface area contributed by atoms with Gasteiger partial charge in [0.05, 0.1) is 5.02 Å². The number of nitrogens with zero attached hydrogens (tertiary/aromatic N) is 3. The van der Waals surface area contributed by atoms with Crippen molar-refractivity contribution in [3.63, 3.8) is 0 Å². The SMILES string of the molecule is Cn1c(CO)nnc1-c1ccc(Cl)cc1Cl. The van der Waals surface area contributed by atoms with Crippen LogP contribution in [0.5, 0.6) is 0 Å². The molecule has 0 bridgehead atoms. The Hall–Kier alpha value is -1.10. The van der Waals surface area contributed by atoms with E-state index < -0.39 is 0 Å². The fraction of sp³-hybridized carbons (Fsp3) is 0.200. The van der Waals surface area contributed by atoms with E-state index in [9.17, 15) is 0 Å². The zero-order valence-corrected chi connectivity index (χ0v) is 10.00. The summed E-state index contributed by atoms with van der Waals surface area (Å²) in [6, 6.07) is 5.15. The van der Waals surface area contributed by atoms with Crippen LogP contribution in [0.15, 0.2) is 18.2 Å². The first-order valence-corrected chi connectivity index (χ1v) is 5.33. The highest BCUT2D eigenvalue weighted by atomic mass is 35.5. The first-order valence-electron chi connectivity index (χ1n) is 4.58. The number of aliphatic hydroxyl groups is 1. The molecule has 0 saturated carbocycles. The summed E-state index contributed by atoms with van der Waals surface area (Å²) in [5.74, 6) is 1.09. The average molecular weight is 258 g/mol. The Bertz CT molecular complexity index is 525. The molecule has 2 aromatic rings. The lowest BCUT2D eigenvalue weighted by atomic mass is 10.2. The first-order chi connectivity index (χ1) is 7.63. The number of rotatable bonds is 2. The van der Waals surface area contributed by atoms with Crippen molar-refractivity contribution in [3.8, 4) is 11.4 Å². The number of aliphatic hydroxyl groups excluding tert-OH is 1. The Labute approximate surface area is 102 Å². The number of aromatic nitrogens is 3. The standard InChI is InChI=1S/C10H9Cl2N3O/c1-15-9(5-16)13-14-10(15)7-3-2-6(11)4-8(7)12/h2-4,16H,5H2,1H3. The van der Waals surface area contributed by atoms with Crippen LogP contribution in [0.1, 0.15) is 5.82 Å². The summed E-state index contributed by atoms with van der Waals surface area (Å²) in [6.45, 7) is -0.158. The Balaban J connectivity index is 2.54. The fourth-order valence-electron chi connectivity index (χ4n) is 1.40. The Morgan fingerprint density at radius 1 is 1.31 bits per heavy atom. The maximum absolute atomic E-state index is 9.01. The van der Waals surface area contributed by atoms with Crippen molar-refractivity contribution < 1.29 is 5.11 Å². The molecule has 0 aliphatic heterocycles. The minimum Gasteiger partial charge on any atom is -0.388 e. The Kier molecular flexibility index (Phi) is 3.14. The molecule has 84 valence electrons. The van der Waals surface area contributed by atoms with Crippen LogP contribution in [0.2, 0.25) is 10.0 Å². The molecule has 16 heavy (non-hydrogen) atoms. The van der Waals surface area contributed by atoms with Gasteiger partial charge in [-0.1, -0.05) is 23.2 Å². The van der Waals surface area contributed by atoms with Gasteiger partial charge < -0.3 is 9.67 Å². The minimum atomic E-state index is -0.158. The molecule has 1 aromatic heterocycles. The summed E-state index contributed by atoms with van der Waals surface area (Å²) < 4.78 is 1.69. The lowest BCUT2D eigenvalue weighted by Gasteiger charge is -2.04. The zero-order chi connectivity index (χ0) is 11.7. The number of benzene rings is 1. The third-order valence-corrected chi connectivity index (χ3v) is 2.83. The van der Waals surface area contributed by atoms with Crippen molar-refractivity contribution >= 4 is 23.2 Å². The van der Waals surface area contributed by atoms with Crippen LogP contribution in [-0.4, -0.2) is 19.9 Å². The van der Waals surface area contributed by atoms with E-state index in [1.54, 1.807) is 29.8 Å². The van der Waals surface area contributed by atoms with Gasteiger partial charge in [0, 0.05) is 17.6 Å². The second-order valence-electron chi connectivity index (χ2n) is 3.28. The Morgan fingerprint density at radius 2 is 2.06 bits per heavy atom. The van der Waals surface area contributed by atoms with Crippen molar-refractivity contribution in [1.29, 1.82) is 0 Å². The predicted octanol–water partition coefficient (Wildman–Crippen LogP) is 2.28. The van der Waals surface area contributed by atoms with Crippen LogP contribution in [0.3, 0.4) is 0 Å². The van der Waals surface area contributed by atoms with E-state index >= 15 is 0 Å². The second-order valence-corrected chi connectivity index (χ2v) is 4.12. The van der Waals surface area contributed by atoms with Gasteiger partial charge >= 0.3 is 0 Å². The van der Waals surface area contributed by atoms with Crippen molar-refractivity contribution in [2.24, 2.45) is 7.05 Å². The third-order valence-electron chi connectivity index (χ3n) is 2.28. The van der Waals surface area contributed by atoms with Gasteiger partial charge in [0.15, 0.2) is 11.6 Å². The molecule has 1 N–H and O–H groups in total. The van der Waals surface area contributed by atoms with E-state index in [0.717, 1.165) is 5.56 Å². The normalized spacial score (nSPS) is 10.8. The van der Waals surface area contributed by atoms with Gasteiger partial charge in [-0.3, -0.25) is 0 Å². The number of hydrogen-bond donors (Lipinski definition) is 1. The van der Waals surface area contributed by atoms with E-state index in [1.165, 1.54) is 0 Å². The maximum atomic E-state index is 9.01. The van der Waals surface area contributed by atoms with Crippen LogP contribution in [0.4, 0.5) is 0 Å². The highest BCUT2D eigenvalue weighted by Crippen LogP contribution is 2.28. The molecule has 0 aliphatic carbocycles. The summed E-state index contributed by atoms with van der Waals surface area (Å²) in [4.78, 5) is 0. The molecule has 0 fully saturated rings. The van der Waals surface area contributed by atoms with Crippen molar-refractivity contribution in [3.05, 3.63) is 34.1 Å². The topological polar surface area (TPSA) is 50.9 Å². The first kappa shape index (κ1) is 11.4. The molecule has 0 amide bonds. The molecule has 1 aromatic carbocycles. The van der Waals surface area contributed by atoms with Gasteiger partial charge in [0.25, 0.3) is 0 Å². The quantitative estimate of drug-likeness (QED) is 0.898. The average Bonchev–Trinajstić information content (AvgIpc) is 2.60. The van der Waals surface area contributed by atoms with Gasteiger partial charge in [-0.05, 0) is 18.2 Å². The minimum absolute atomic E-state index is 0.158. The fourth-order valence-corrected chi connectivity index (χ4v) is 1.90.